The van der Waals surface area contributed by atoms with E-state index < -0.39 is 0 Å². The molecule has 1 rings (SSSR count). The van der Waals surface area contributed by atoms with E-state index in [1.54, 1.807) is 0 Å². The first-order valence-electron chi connectivity index (χ1n) is 5.98. The summed E-state index contributed by atoms with van der Waals surface area (Å²) < 4.78 is 11.2. The van der Waals surface area contributed by atoms with E-state index in [2.05, 4.69) is 13.0 Å². The van der Waals surface area contributed by atoms with Crippen LogP contribution < -0.4 is 0 Å². The Morgan fingerprint density at radius 2 is 2.19 bits per heavy atom. The number of ether oxygens (including phenoxy) is 2. The zero-order chi connectivity index (χ0) is 12.1. The molecule has 0 aromatic heterocycles. The van der Waals surface area contributed by atoms with Gasteiger partial charge < -0.3 is 9.47 Å². The van der Waals surface area contributed by atoms with Crippen LogP contribution in [-0.4, -0.2) is 24.3 Å². The molecule has 0 aromatic rings. The van der Waals surface area contributed by atoms with Crippen LogP contribution in [0.5, 0.6) is 0 Å². The standard InChI is InChI=1S/C13H22O3/c1-5-6-7-12-8-13(16-11(4)14)9(2)10(3)15-12/h5-6,9-10,12-13H,7-8H2,1-4H3/b6-5+/t9-,10+,12-,13+/m0/s1. The van der Waals surface area contributed by atoms with E-state index in [1.165, 1.54) is 6.92 Å². The van der Waals surface area contributed by atoms with Crippen LogP contribution in [0.2, 0.25) is 0 Å². The van der Waals surface area contributed by atoms with Crippen LogP contribution in [0.15, 0.2) is 12.2 Å². The average molecular weight is 226 g/mol. The predicted molar refractivity (Wildman–Crippen MR) is 63.1 cm³/mol. The van der Waals surface area contributed by atoms with Crippen molar-refractivity contribution in [2.75, 3.05) is 0 Å². The quantitative estimate of drug-likeness (QED) is 0.548. The lowest BCUT2D eigenvalue weighted by molar-refractivity contribution is -0.168. The lowest BCUT2D eigenvalue weighted by Gasteiger charge is -2.38. The molecule has 1 fully saturated rings. The maximum atomic E-state index is 11.0. The minimum absolute atomic E-state index is 0.00324. The molecule has 1 aliphatic heterocycles. The van der Waals surface area contributed by atoms with E-state index in [4.69, 9.17) is 9.47 Å². The zero-order valence-electron chi connectivity index (χ0n) is 10.6. The van der Waals surface area contributed by atoms with E-state index in [1.807, 2.05) is 19.9 Å². The van der Waals surface area contributed by atoms with Gasteiger partial charge in [-0.3, -0.25) is 4.79 Å². The predicted octanol–water partition coefficient (Wildman–Crippen LogP) is 2.70. The van der Waals surface area contributed by atoms with Gasteiger partial charge in [0.05, 0.1) is 12.2 Å². The monoisotopic (exact) mass is 226 g/mol. The SMILES string of the molecule is C/C=C/C[C@H]1C[C@@H](OC(C)=O)[C@@H](C)[C@@H](C)O1. The third-order valence-electron chi connectivity index (χ3n) is 3.18. The molecular formula is C13H22O3. The molecule has 0 bridgehead atoms. The van der Waals surface area contributed by atoms with Gasteiger partial charge in [0.15, 0.2) is 0 Å². The van der Waals surface area contributed by atoms with Crippen LogP contribution in [0.25, 0.3) is 0 Å². The fourth-order valence-corrected chi connectivity index (χ4v) is 2.07. The molecular weight excluding hydrogens is 204 g/mol. The van der Waals surface area contributed by atoms with Crippen LogP contribution in [0.4, 0.5) is 0 Å². The van der Waals surface area contributed by atoms with Gasteiger partial charge in [0.2, 0.25) is 0 Å². The molecule has 0 spiro atoms. The summed E-state index contributed by atoms with van der Waals surface area (Å²) in [5, 5.41) is 0. The van der Waals surface area contributed by atoms with Crippen molar-refractivity contribution in [2.24, 2.45) is 5.92 Å². The summed E-state index contributed by atoms with van der Waals surface area (Å²) in [5.74, 6) is 0.0708. The highest BCUT2D eigenvalue weighted by atomic mass is 16.6. The normalized spacial score (nSPS) is 35.2. The van der Waals surface area contributed by atoms with Gasteiger partial charge in [-0.05, 0) is 20.3 Å². The Labute approximate surface area is 97.8 Å². The summed E-state index contributed by atoms with van der Waals surface area (Å²) >= 11 is 0. The number of hydrogen-bond donors (Lipinski definition) is 0. The Bertz CT molecular complexity index is 260. The fourth-order valence-electron chi connectivity index (χ4n) is 2.07. The highest BCUT2D eigenvalue weighted by Crippen LogP contribution is 2.29. The number of esters is 1. The second-order valence-corrected chi connectivity index (χ2v) is 4.51. The Balaban J connectivity index is 2.57. The largest absolute Gasteiger partial charge is 0.462 e. The van der Waals surface area contributed by atoms with Gasteiger partial charge in [-0.15, -0.1) is 0 Å². The first-order valence-corrected chi connectivity index (χ1v) is 5.98. The maximum absolute atomic E-state index is 11.0. The minimum atomic E-state index is -0.198. The van der Waals surface area contributed by atoms with E-state index in [0.29, 0.717) is 0 Å². The lowest BCUT2D eigenvalue weighted by Crippen LogP contribution is -2.43. The molecule has 0 saturated carbocycles. The molecule has 1 aliphatic rings. The van der Waals surface area contributed by atoms with Crippen LogP contribution in [0.3, 0.4) is 0 Å². The molecule has 0 unspecified atom stereocenters. The second kappa shape index (κ2) is 6.04. The summed E-state index contributed by atoms with van der Waals surface area (Å²) in [6.45, 7) is 7.58. The third-order valence-corrected chi connectivity index (χ3v) is 3.18. The number of hydrogen-bond acceptors (Lipinski definition) is 3. The average Bonchev–Trinajstić information content (AvgIpc) is 2.21. The molecule has 0 amide bonds. The Morgan fingerprint density at radius 1 is 1.50 bits per heavy atom. The summed E-state index contributed by atoms with van der Waals surface area (Å²) in [6.07, 6.45) is 6.13. The topological polar surface area (TPSA) is 35.5 Å². The molecule has 0 aromatic carbocycles. The minimum Gasteiger partial charge on any atom is -0.462 e. The summed E-state index contributed by atoms with van der Waals surface area (Å²) in [7, 11) is 0. The van der Waals surface area contributed by atoms with Crippen LogP contribution in [0.1, 0.15) is 40.5 Å². The second-order valence-electron chi connectivity index (χ2n) is 4.51. The van der Waals surface area contributed by atoms with Crippen LogP contribution >= 0.6 is 0 Å². The molecule has 0 radical (unpaired) electrons. The van der Waals surface area contributed by atoms with Crippen molar-refractivity contribution < 1.29 is 14.3 Å². The maximum Gasteiger partial charge on any atom is 0.302 e. The van der Waals surface area contributed by atoms with E-state index >= 15 is 0 Å². The molecule has 4 atom stereocenters. The fraction of sp³-hybridized carbons (Fsp3) is 0.769. The van der Waals surface area contributed by atoms with Gasteiger partial charge in [-0.25, -0.2) is 0 Å². The van der Waals surface area contributed by atoms with E-state index in [-0.39, 0.29) is 30.2 Å². The molecule has 1 heterocycles. The summed E-state index contributed by atoms with van der Waals surface area (Å²) in [5.41, 5.74) is 0. The smallest absolute Gasteiger partial charge is 0.302 e. The first-order chi connectivity index (χ1) is 7.54. The highest BCUT2D eigenvalue weighted by molar-refractivity contribution is 5.66. The molecule has 3 heteroatoms. The number of allylic oxidation sites excluding steroid dienone is 1. The molecule has 0 N–H and O–H groups in total. The van der Waals surface area contributed by atoms with Crippen molar-refractivity contribution in [3.8, 4) is 0 Å². The van der Waals surface area contributed by atoms with Crippen molar-refractivity contribution in [1.29, 1.82) is 0 Å². The first kappa shape index (κ1) is 13.2. The van der Waals surface area contributed by atoms with Crippen molar-refractivity contribution in [1.82, 2.24) is 0 Å². The van der Waals surface area contributed by atoms with Crippen molar-refractivity contribution in [2.45, 2.75) is 58.8 Å². The molecule has 16 heavy (non-hydrogen) atoms. The Kier molecular flexibility index (Phi) is 5.00. The zero-order valence-corrected chi connectivity index (χ0v) is 10.6. The summed E-state index contributed by atoms with van der Waals surface area (Å²) in [4.78, 5) is 11.0. The van der Waals surface area contributed by atoms with Crippen molar-refractivity contribution in [3.05, 3.63) is 12.2 Å². The lowest BCUT2D eigenvalue weighted by atomic mass is 9.90. The van der Waals surface area contributed by atoms with E-state index in [9.17, 15) is 4.79 Å². The molecule has 3 nitrogen and oxygen atoms in total. The van der Waals surface area contributed by atoms with E-state index in [0.717, 1.165) is 12.8 Å². The van der Waals surface area contributed by atoms with Crippen molar-refractivity contribution in [3.63, 3.8) is 0 Å². The van der Waals surface area contributed by atoms with Gasteiger partial charge in [0.1, 0.15) is 6.10 Å². The number of carbonyl (C=O) groups is 1. The highest BCUT2D eigenvalue weighted by Gasteiger charge is 2.34. The Morgan fingerprint density at radius 3 is 2.75 bits per heavy atom. The van der Waals surface area contributed by atoms with Crippen molar-refractivity contribution >= 4 is 5.97 Å². The van der Waals surface area contributed by atoms with Gasteiger partial charge in [0.25, 0.3) is 0 Å². The molecule has 0 aliphatic carbocycles. The summed E-state index contributed by atoms with van der Waals surface area (Å²) in [6, 6.07) is 0. The van der Waals surface area contributed by atoms with Gasteiger partial charge in [0, 0.05) is 19.3 Å². The van der Waals surface area contributed by atoms with Crippen LogP contribution in [-0.2, 0) is 14.3 Å². The number of rotatable bonds is 3. The van der Waals surface area contributed by atoms with Gasteiger partial charge in [-0.1, -0.05) is 19.1 Å². The van der Waals surface area contributed by atoms with Gasteiger partial charge >= 0.3 is 5.97 Å². The Hall–Kier alpha value is -0.830. The molecule has 1 saturated heterocycles. The van der Waals surface area contributed by atoms with Crippen LogP contribution in [0, 0.1) is 5.92 Å². The third kappa shape index (κ3) is 3.63. The molecule has 92 valence electrons. The number of carbonyl (C=O) groups excluding carboxylic acids is 1. The van der Waals surface area contributed by atoms with Gasteiger partial charge in [-0.2, -0.15) is 0 Å².